The molecule has 1 unspecified atom stereocenters. The van der Waals surface area contributed by atoms with Gasteiger partial charge >= 0.3 is 6.18 Å². The molecule has 0 aliphatic rings. The smallest absolute Gasteiger partial charge is 0.349 e. The van der Waals surface area contributed by atoms with Crippen molar-refractivity contribution < 1.29 is 26.4 Å². The Kier molecular flexibility index (Phi) is 7.65. The van der Waals surface area contributed by atoms with E-state index in [0.717, 1.165) is 12.1 Å². The molecule has 2 aromatic rings. The normalized spacial score (nSPS) is 13.3. The van der Waals surface area contributed by atoms with Gasteiger partial charge in [-0.15, -0.1) is 0 Å². The van der Waals surface area contributed by atoms with Crippen molar-refractivity contribution in [3.05, 3.63) is 65.2 Å². The third kappa shape index (κ3) is 5.82. The van der Waals surface area contributed by atoms with Crippen molar-refractivity contribution in [3.8, 4) is 0 Å². The second kappa shape index (κ2) is 9.61. The molecule has 1 N–H and O–H groups in total. The van der Waals surface area contributed by atoms with E-state index < -0.39 is 33.7 Å². The molecule has 1 amide bonds. The number of carbonyl (C=O) groups excluding carboxylic acids is 1. The van der Waals surface area contributed by atoms with Crippen molar-refractivity contribution in [2.75, 3.05) is 13.1 Å². The van der Waals surface area contributed by atoms with Crippen LogP contribution in [0.25, 0.3) is 0 Å². The molecule has 0 spiro atoms. The largest absolute Gasteiger partial charge is 0.416 e. The van der Waals surface area contributed by atoms with E-state index >= 15 is 0 Å². The lowest BCUT2D eigenvalue weighted by molar-refractivity contribution is -0.137. The number of halogens is 3. The monoisotopic (exact) mass is 442 g/mol. The van der Waals surface area contributed by atoms with E-state index in [1.54, 1.807) is 32.9 Å². The van der Waals surface area contributed by atoms with Gasteiger partial charge in [0.15, 0.2) is 0 Å². The number of amides is 1. The van der Waals surface area contributed by atoms with Crippen molar-refractivity contribution in [2.45, 2.75) is 44.3 Å². The third-order valence-corrected chi connectivity index (χ3v) is 6.78. The predicted molar refractivity (Wildman–Crippen MR) is 108 cm³/mol. The number of nitrogens with zero attached hydrogens (tertiary/aromatic N) is 1. The zero-order chi connectivity index (χ0) is 22.5. The van der Waals surface area contributed by atoms with Gasteiger partial charge in [-0.2, -0.15) is 17.5 Å². The van der Waals surface area contributed by atoms with Crippen molar-refractivity contribution in [3.63, 3.8) is 0 Å². The second-order valence-electron chi connectivity index (χ2n) is 6.82. The molecule has 0 fully saturated rings. The zero-order valence-corrected chi connectivity index (χ0v) is 17.8. The number of nitrogens with one attached hydrogen (secondary N) is 1. The molecule has 0 bridgehead atoms. The van der Waals surface area contributed by atoms with Gasteiger partial charge in [-0.05, 0) is 36.2 Å². The van der Waals surface area contributed by atoms with E-state index in [0.29, 0.717) is 18.7 Å². The summed E-state index contributed by atoms with van der Waals surface area (Å²) in [5.74, 6) is -0.429. The van der Waals surface area contributed by atoms with Crippen molar-refractivity contribution >= 4 is 15.9 Å². The summed E-state index contributed by atoms with van der Waals surface area (Å²) in [5.41, 5.74) is 0.145. The van der Waals surface area contributed by atoms with E-state index in [1.165, 1.54) is 28.6 Å². The maximum absolute atomic E-state index is 12.8. The van der Waals surface area contributed by atoms with E-state index in [2.05, 4.69) is 5.32 Å². The molecule has 2 rings (SSSR count). The Morgan fingerprint density at radius 1 is 1.07 bits per heavy atom. The molecule has 0 aliphatic heterocycles. The van der Waals surface area contributed by atoms with Gasteiger partial charge in [0.25, 0.3) is 0 Å². The Bertz CT molecular complexity index is 970. The summed E-state index contributed by atoms with van der Waals surface area (Å²) >= 11 is 0. The van der Waals surface area contributed by atoms with Crippen LogP contribution >= 0.6 is 0 Å². The highest BCUT2D eigenvalue weighted by Crippen LogP contribution is 2.29. The lowest BCUT2D eigenvalue weighted by atomic mass is 10.1. The first-order chi connectivity index (χ1) is 14.0. The average molecular weight is 443 g/mol. The third-order valence-electron chi connectivity index (χ3n) is 4.72. The molecular weight excluding hydrogens is 417 g/mol. The minimum absolute atomic E-state index is 0.164. The minimum atomic E-state index is -4.47. The van der Waals surface area contributed by atoms with Gasteiger partial charge in [0, 0.05) is 13.1 Å². The molecule has 9 heteroatoms. The van der Waals surface area contributed by atoms with Gasteiger partial charge in [0.05, 0.1) is 22.9 Å². The molecule has 0 radical (unpaired) electrons. The highest BCUT2D eigenvalue weighted by Gasteiger charge is 2.30. The van der Waals surface area contributed by atoms with Crippen molar-refractivity contribution in [1.29, 1.82) is 0 Å². The summed E-state index contributed by atoms with van der Waals surface area (Å²) in [6.45, 7) is 5.97. The van der Waals surface area contributed by atoms with Crippen LogP contribution in [0.4, 0.5) is 13.2 Å². The van der Waals surface area contributed by atoms with Gasteiger partial charge in [0.1, 0.15) is 0 Å². The number of sulfonamides is 1. The van der Waals surface area contributed by atoms with Crippen LogP contribution in [0.15, 0.2) is 53.4 Å². The van der Waals surface area contributed by atoms with Gasteiger partial charge < -0.3 is 5.32 Å². The average Bonchev–Trinajstić information content (AvgIpc) is 2.68. The fourth-order valence-electron chi connectivity index (χ4n) is 3.06. The molecule has 30 heavy (non-hydrogen) atoms. The number of rotatable bonds is 8. The van der Waals surface area contributed by atoms with Crippen LogP contribution in [0.5, 0.6) is 0 Å². The number of benzene rings is 2. The van der Waals surface area contributed by atoms with Gasteiger partial charge in [0.2, 0.25) is 15.9 Å². The molecule has 2 aromatic carbocycles. The Morgan fingerprint density at radius 2 is 1.67 bits per heavy atom. The van der Waals surface area contributed by atoms with Crippen LogP contribution in [0.1, 0.15) is 43.5 Å². The Morgan fingerprint density at radius 3 is 2.20 bits per heavy atom. The second-order valence-corrected chi connectivity index (χ2v) is 8.76. The van der Waals surface area contributed by atoms with E-state index in [4.69, 9.17) is 0 Å². The summed E-state index contributed by atoms with van der Waals surface area (Å²) in [6.07, 6.45) is -4.66. The molecule has 0 heterocycles. The Labute approximate surface area is 175 Å². The van der Waals surface area contributed by atoms with Gasteiger partial charge in [-0.3, -0.25) is 4.79 Å². The number of carbonyl (C=O) groups is 1. The van der Waals surface area contributed by atoms with Gasteiger partial charge in [-0.1, -0.05) is 44.2 Å². The number of alkyl halides is 3. The first-order valence-electron chi connectivity index (χ1n) is 9.54. The topological polar surface area (TPSA) is 66.5 Å². The molecule has 0 aliphatic carbocycles. The van der Waals surface area contributed by atoms with Crippen LogP contribution < -0.4 is 5.32 Å². The van der Waals surface area contributed by atoms with E-state index in [1.807, 2.05) is 0 Å². The van der Waals surface area contributed by atoms with Crippen molar-refractivity contribution in [1.82, 2.24) is 9.62 Å². The first-order valence-corrected chi connectivity index (χ1v) is 11.0. The number of hydrogen-bond acceptors (Lipinski definition) is 3. The summed E-state index contributed by atoms with van der Waals surface area (Å²) in [7, 11) is -3.57. The SMILES string of the molecule is CCN(CC)S(=O)(=O)c1ccc(C(C)NC(=O)Cc2cccc(C(F)(F)F)c2)cc1. The van der Waals surface area contributed by atoms with Crippen LogP contribution in [0.2, 0.25) is 0 Å². The molecule has 5 nitrogen and oxygen atoms in total. The van der Waals surface area contributed by atoms with Crippen LogP contribution in [0, 0.1) is 0 Å². The van der Waals surface area contributed by atoms with Gasteiger partial charge in [-0.25, -0.2) is 8.42 Å². The lowest BCUT2D eigenvalue weighted by Crippen LogP contribution is -2.30. The fraction of sp³-hybridized carbons (Fsp3) is 0.381. The molecular formula is C21H25F3N2O3S. The highest BCUT2D eigenvalue weighted by molar-refractivity contribution is 7.89. The lowest BCUT2D eigenvalue weighted by Gasteiger charge is -2.19. The quantitative estimate of drug-likeness (QED) is 0.668. The fourth-order valence-corrected chi connectivity index (χ4v) is 4.52. The predicted octanol–water partition coefficient (Wildman–Crippen LogP) is 4.16. The Balaban J connectivity index is 2.06. The van der Waals surface area contributed by atoms with Crippen LogP contribution in [0.3, 0.4) is 0 Å². The summed E-state index contributed by atoms with van der Waals surface area (Å²) in [6, 6.07) is 10.4. The van der Waals surface area contributed by atoms with E-state index in [-0.39, 0.29) is 16.9 Å². The van der Waals surface area contributed by atoms with Crippen LogP contribution in [-0.2, 0) is 27.4 Å². The first kappa shape index (κ1) is 23.9. The van der Waals surface area contributed by atoms with Crippen molar-refractivity contribution in [2.24, 2.45) is 0 Å². The minimum Gasteiger partial charge on any atom is -0.349 e. The Hall–Kier alpha value is -2.39. The number of hydrogen-bond donors (Lipinski definition) is 1. The van der Waals surface area contributed by atoms with Crippen LogP contribution in [-0.4, -0.2) is 31.7 Å². The maximum Gasteiger partial charge on any atom is 0.416 e. The summed E-state index contributed by atoms with van der Waals surface area (Å²) in [4.78, 5) is 12.4. The standard InChI is InChI=1S/C21H25F3N2O3S/c1-4-26(5-2)30(28,29)19-11-9-17(10-12-19)15(3)25-20(27)14-16-7-6-8-18(13-16)21(22,23)24/h6-13,15H,4-5,14H2,1-3H3,(H,25,27). The molecule has 1 atom stereocenters. The highest BCUT2D eigenvalue weighted by atomic mass is 32.2. The molecule has 0 saturated heterocycles. The summed E-state index contributed by atoms with van der Waals surface area (Å²) < 4.78 is 64.8. The van der Waals surface area contributed by atoms with E-state index in [9.17, 15) is 26.4 Å². The molecule has 164 valence electrons. The summed E-state index contributed by atoms with van der Waals surface area (Å²) in [5, 5.41) is 2.73. The maximum atomic E-state index is 12.8. The molecule has 0 aromatic heterocycles. The molecule has 0 saturated carbocycles. The zero-order valence-electron chi connectivity index (χ0n) is 17.0.